The van der Waals surface area contributed by atoms with E-state index in [1.165, 1.54) is 5.56 Å². The lowest BCUT2D eigenvalue weighted by molar-refractivity contribution is -0.117. The molecule has 0 radical (unpaired) electrons. The number of anilines is 1. The normalized spacial score (nSPS) is 15.8. The number of para-hydroxylation sites is 2. The number of nitrogens with zero attached hydrogens (tertiary/aromatic N) is 1. The van der Waals surface area contributed by atoms with Gasteiger partial charge >= 0.3 is 0 Å². The highest BCUT2D eigenvalue weighted by Gasteiger charge is 2.18. The Morgan fingerprint density at radius 1 is 1.16 bits per heavy atom. The highest BCUT2D eigenvalue weighted by atomic mass is 16.5. The van der Waals surface area contributed by atoms with Crippen LogP contribution in [0.15, 0.2) is 48.5 Å². The van der Waals surface area contributed by atoms with Gasteiger partial charge in [-0.3, -0.25) is 9.69 Å². The molecule has 1 heterocycles. The van der Waals surface area contributed by atoms with Gasteiger partial charge in [-0.2, -0.15) is 0 Å². The first-order valence-electron chi connectivity index (χ1n) is 8.71. The highest BCUT2D eigenvalue weighted by Crippen LogP contribution is 2.29. The number of ether oxygens (including phenoxy) is 1. The number of carbonyl (C=O) groups is 1. The van der Waals surface area contributed by atoms with Gasteiger partial charge in [-0.25, -0.2) is 0 Å². The van der Waals surface area contributed by atoms with E-state index in [4.69, 9.17) is 10.5 Å². The molecule has 1 saturated heterocycles. The van der Waals surface area contributed by atoms with Crippen molar-refractivity contribution < 1.29 is 9.53 Å². The standard InChI is InChI=1S/C20H25N3O2/c1-15-6-8-17(9-7-15)25-19-5-3-2-4-18(19)22-20(24)14-23-12-10-16(21)11-13-23/h2-9,16H,10-14,21H2,1H3,(H,22,24). The number of rotatable bonds is 5. The number of nitrogens with two attached hydrogens (primary N) is 1. The van der Waals surface area contributed by atoms with Crippen LogP contribution in [0.2, 0.25) is 0 Å². The first-order valence-corrected chi connectivity index (χ1v) is 8.71. The molecule has 5 nitrogen and oxygen atoms in total. The minimum atomic E-state index is -0.0320. The zero-order valence-electron chi connectivity index (χ0n) is 14.6. The maximum absolute atomic E-state index is 12.4. The number of nitrogens with one attached hydrogen (secondary N) is 1. The van der Waals surface area contributed by atoms with E-state index >= 15 is 0 Å². The molecular formula is C20H25N3O2. The fourth-order valence-corrected chi connectivity index (χ4v) is 2.90. The SMILES string of the molecule is Cc1ccc(Oc2ccccc2NC(=O)CN2CCC(N)CC2)cc1. The third-order valence-electron chi connectivity index (χ3n) is 4.41. The number of hydrogen-bond acceptors (Lipinski definition) is 4. The first-order chi connectivity index (χ1) is 12.1. The first kappa shape index (κ1) is 17.5. The topological polar surface area (TPSA) is 67.6 Å². The summed E-state index contributed by atoms with van der Waals surface area (Å²) in [6.45, 7) is 4.16. The van der Waals surface area contributed by atoms with Crippen molar-refractivity contribution in [1.29, 1.82) is 0 Å². The Morgan fingerprint density at radius 2 is 1.84 bits per heavy atom. The van der Waals surface area contributed by atoms with Crippen LogP contribution in [0.1, 0.15) is 18.4 Å². The summed E-state index contributed by atoms with van der Waals surface area (Å²) in [5.41, 5.74) is 7.77. The minimum Gasteiger partial charge on any atom is -0.455 e. The quantitative estimate of drug-likeness (QED) is 0.878. The summed E-state index contributed by atoms with van der Waals surface area (Å²) < 4.78 is 5.92. The van der Waals surface area contributed by atoms with Crippen molar-refractivity contribution in [2.24, 2.45) is 5.73 Å². The predicted molar refractivity (Wildman–Crippen MR) is 100.0 cm³/mol. The van der Waals surface area contributed by atoms with Crippen LogP contribution < -0.4 is 15.8 Å². The molecule has 3 N–H and O–H groups in total. The summed E-state index contributed by atoms with van der Waals surface area (Å²) in [5.74, 6) is 1.35. The van der Waals surface area contributed by atoms with Crippen molar-refractivity contribution in [3.05, 3.63) is 54.1 Å². The molecule has 132 valence electrons. The maximum Gasteiger partial charge on any atom is 0.238 e. The lowest BCUT2D eigenvalue weighted by Crippen LogP contribution is -2.43. The fraction of sp³-hybridized carbons (Fsp3) is 0.350. The molecule has 0 atom stereocenters. The van der Waals surface area contributed by atoms with Crippen LogP contribution in [-0.2, 0) is 4.79 Å². The molecule has 2 aromatic rings. The molecule has 1 aliphatic heterocycles. The Balaban J connectivity index is 1.62. The third kappa shape index (κ3) is 5.05. The van der Waals surface area contributed by atoms with E-state index in [1.54, 1.807) is 0 Å². The van der Waals surface area contributed by atoms with Crippen molar-refractivity contribution >= 4 is 11.6 Å². The molecule has 0 aromatic heterocycles. The lowest BCUT2D eigenvalue weighted by atomic mass is 10.1. The Morgan fingerprint density at radius 3 is 2.56 bits per heavy atom. The van der Waals surface area contributed by atoms with Gasteiger partial charge in [0.05, 0.1) is 12.2 Å². The van der Waals surface area contributed by atoms with Gasteiger partial charge in [0, 0.05) is 19.1 Å². The number of amides is 1. The van der Waals surface area contributed by atoms with Crippen LogP contribution in [0.25, 0.3) is 0 Å². The molecule has 1 amide bonds. The van der Waals surface area contributed by atoms with Gasteiger partial charge < -0.3 is 15.8 Å². The van der Waals surface area contributed by atoms with E-state index in [-0.39, 0.29) is 11.9 Å². The predicted octanol–water partition coefficient (Wildman–Crippen LogP) is 3.15. The largest absolute Gasteiger partial charge is 0.455 e. The Labute approximate surface area is 148 Å². The van der Waals surface area contributed by atoms with Crippen molar-refractivity contribution in [3.8, 4) is 11.5 Å². The molecule has 1 aliphatic rings. The van der Waals surface area contributed by atoms with E-state index in [1.807, 2.05) is 55.5 Å². The average molecular weight is 339 g/mol. The van der Waals surface area contributed by atoms with Gasteiger partial charge in [0.25, 0.3) is 0 Å². The molecule has 5 heteroatoms. The Hall–Kier alpha value is -2.37. The van der Waals surface area contributed by atoms with E-state index in [0.717, 1.165) is 31.7 Å². The number of piperidine rings is 1. The van der Waals surface area contributed by atoms with Gasteiger partial charge in [0.1, 0.15) is 5.75 Å². The van der Waals surface area contributed by atoms with E-state index < -0.39 is 0 Å². The number of hydrogen-bond donors (Lipinski definition) is 2. The Kier molecular flexibility index (Phi) is 5.68. The fourth-order valence-electron chi connectivity index (χ4n) is 2.90. The number of likely N-dealkylation sites (tertiary alicyclic amines) is 1. The zero-order valence-corrected chi connectivity index (χ0v) is 14.6. The summed E-state index contributed by atoms with van der Waals surface area (Å²) in [7, 11) is 0. The second kappa shape index (κ2) is 8.14. The van der Waals surface area contributed by atoms with Crippen LogP contribution >= 0.6 is 0 Å². The summed E-state index contributed by atoms with van der Waals surface area (Å²) in [5, 5.41) is 2.96. The average Bonchev–Trinajstić information content (AvgIpc) is 2.61. The van der Waals surface area contributed by atoms with Gasteiger partial charge in [-0.05, 0) is 44.0 Å². The maximum atomic E-state index is 12.4. The van der Waals surface area contributed by atoms with Gasteiger partial charge in [-0.15, -0.1) is 0 Å². The van der Waals surface area contributed by atoms with Crippen LogP contribution in [0, 0.1) is 6.92 Å². The van der Waals surface area contributed by atoms with Gasteiger partial charge in [0.15, 0.2) is 5.75 Å². The minimum absolute atomic E-state index is 0.0320. The second-order valence-corrected chi connectivity index (χ2v) is 6.57. The zero-order chi connectivity index (χ0) is 17.6. The molecule has 0 bridgehead atoms. The molecule has 0 spiro atoms. The number of aryl methyl sites for hydroxylation is 1. The van der Waals surface area contributed by atoms with Crippen LogP contribution in [0.4, 0.5) is 5.69 Å². The van der Waals surface area contributed by atoms with Crippen molar-refractivity contribution in [1.82, 2.24) is 4.90 Å². The smallest absolute Gasteiger partial charge is 0.238 e. The molecule has 0 saturated carbocycles. The van der Waals surface area contributed by atoms with Crippen LogP contribution in [0.3, 0.4) is 0 Å². The van der Waals surface area contributed by atoms with Crippen molar-refractivity contribution in [2.75, 3.05) is 25.0 Å². The van der Waals surface area contributed by atoms with E-state index in [9.17, 15) is 4.79 Å². The summed E-state index contributed by atoms with van der Waals surface area (Å²) >= 11 is 0. The lowest BCUT2D eigenvalue weighted by Gasteiger charge is -2.29. The molecular weight excluding hydrogens is 314 g/mol. The molecule has 25 heavy (non-hydrogen) atoms. The third-order valence-corrected chi connectivity index (χ3v) is 4.41. The summed E-state index contributed by atoms with van der Waals surface area (Å²) in [6.07, 6.45) is 1.89. The van der Waals surface area contributed by atoms with E-state index in [2.05, 4.69) is 10.2 Å². The molecule has 3 rings (SSSR count). The number of benzene rings is 2. The highest BCUT2D eigenvalue weighted by molar-refractivity contribution is 5.93. The molecule has 0 unspecified atom stereocenters. The number of carbonyl (C=O) groups excluding carboxylic acids is 1. The Bertz CT molecular complexity index is 707. The summed E-state index contributed by atoms with van der Waals surface area (Å²) in [6, 6.07) is 15.6. The molecule has 1 fully saturated rings. The molecule has 2 aromatic carbocycles. The van der Waals surface area contributed by atoms with Crippen molar-refractivity contribution in [3.63, 3.8) is 0 Å². The van der Waals surface area contributed by atoms with Crippen molar-refractivity contribution in [2.45, 2.75) is 25.8 Å². The monoisotopic (exact) mass is 339 g/mol. The van der Waals surface area contributed by atoms with Gasteiger partial charge in [-0.1, -0.05) is 29.8 Å². The van der Waals surface area contributed by atoms with Gasteiger partial charge in [0.2, 0.25) is 5.91 Å². The summed E-state index contributed by atoms with van der Waals surface area (Å²) in [4.78, 5) is 14.5. The second-order valence-electron chi connectivity index (χ2n) is 6.57. The van der Waals surface area contributed by atoms with E-state index in [0.29, 0.717) is 18.0 Å². The molecule has 0 aliphatic carbocycles. The van der Waals surface area contributed by atoms with Crippen LogP contribution in [0.5, 0.6) is 11.5 Å². The van der Waals surface area contributed by atoms with Crippen LogP contribution in [-0.4, -0.2) is 36.5 Å².